The Balaban J connectivity index is 1.93. The van der Waals surface area contributed by atoms with E-state index in [1.54, 1.807) is 13.8 Å². The molecule has 0 fully saturated rings. The third kappa shape index (κ3) is 5.78. The van der Waals surface area contributed by atoms with E-state index in [9.17, 15) is 22.4 Å². The lowest BCUT2D eigenvalue weighted by Crippen LogP contribution is -2.17. The van der Waals surface area contributed by atoms with Gasteiger partial charge in [-0.3, -0.25) is 13.7 Å². The van der Waals surface area contributed by atoms with Gasteiger partial charge in [0.25, 0.3) is 10.0 Å². The first-order valence-corrected chi connectivity index (χ1v) is 14.0. The van der Waals surface area contributed by atoms with Crippen LogP contribution in [0, 0.1) is 13.8 Å². The van der Waals surface area contributed by atoms with E-state index >= 15 is 0 Å². The third-order valence-corrected chi connectivity index (χ3v) is 8.94. The summed E-state index contributed by atoms with van der Waals surface area (Å²) in [5.74, 6) is 0.108. The van der Waals surface area contributed by atoms with Crippen LogP contribution < -0.4 is 10.4 Å². The van der Waals surface area contributed by atoms with Crippen molar-refractivity contribution in [2.75, 3.05) is 23.8 Å². The van der Waals surface area contributed by atoms with E-state index in [1.165, 1.54) is 51.9 Å². The molecular formula is C22H26FN3O5S3. The number of alkyl halides is 1. The fourth-order valence-corrected chi connectivity index (χ4v) is 6.73. The number of hydrogen-bond acceptors (Lipinski definition) is 8. The minimum atomic E-state index is -4.08. The number of sulfonamides is 1. The Bertz CT molecular complexity index is 1290. The van der Waals surface area contributed by atoms with Crippen LogP contribution in [0.2, 0.25) is 0 Å². The minimum Gasteiger partial charge on any atom is -0.462 e. The summed E-state index contributed by atoms with van der Waals surface area (Å²) >= 11 is 2.95. The number of carbonyl (C=O) groups is 1. The maximum atomic E-state index is 13.0. The number of ether oxygens (including phenoxy) is 1. The van der Waals surface area contributed by atoms with Gasteiger partial charge in [-0.05, 0) is 63.6 Å². The van der Waals surface area contributed by atoms with Crippen molar-refractivity contribution in [1.29, 1.82) is 0 Å². The van der Waals surface area contributed by atoms with Crippen LogP contribution in [0.1, 0.15) is 47.1 Å². The van der Waals surface area contributed by atoms with Crippen LogP contribution in [0.25, 0.3) is 5.69 Å². The third-order valence-electron chi connectivity index (χ3n) is 5.05. The average molecular weight is 528 g/mol. The molecule has 2 heterocycles. The van der Waals surface area contributed by atoms with Gasteiger partial charge in [0, 0.05) is 10.6 Å². The molecule has 0 unspecified atom stereocenters. The lowest BCUT2D eigenvalue weighted by atomic mass is 10.2. The smallest absolute Gasteiger partial charge is 0.354 e. The van der Waals surface area contributed by atoms with Crippen LogP contribution >= 0.6 is 23.1 Å². The van der Waals surface area contributed by atoms with Crippen molar-refractivity contribution in [3.05, 3.63) is 50.9 Å². The predicted octanol–water partition coefficient (Wildman–Crippen LogP) is 4.56. The zero-order valence-electron chi connectivity index (χ0n) is 19.1. The number of benzene rings is 1. The highest BCUT2D eigenvalue weighted by molar-refractivity contribution is 8.01. The zero-order valence-corrected chi connectivity index (χ0v) is 21.5. The number of imidazole rings is 1. The van der Waals surface area contributed by atoms with Gasteiger partial charge in [-0.2, -0.15) is 4.98 Å². The maximum Gasteiger partial charge on any atom is 0.354 e. The molecule has 0 aliphatic carbocycles. The van der Waals surface area contributed by atoms with E-state index in [4.69, 9.17) is 4.74 Å². The van der Waals surface area contributed by atoms with Crippen LogP contribution in [-0.4, -0.2) is 43.0 Å². The molecule has 0 amide bonds. The number of nitrogens with zero attached hydrogens (tertiary/aromatic N) is 2. The molecule has 8 nitrogen and oxygen atoms in total. The average Bonchev–Trinajstić information content (AvgIpc) is 3.12. The topological polar surface area (TPSA) is 107 Å². The summed E-state index contributed by atoms with van der Waals surface area (Å²) in [6, 6.07) is 5.32. The molecular weight excluding hydrogens is 501 g/mol. The van der Waals surface area contributed by atoms with E-state index in [0.717, 1.165) is 21.9 Å². The minimum absolute atomic E-state index is 0.0509. The van der Waals surface area contributed by atoms with Gasteiger partial charge in [0.1, 0.15) is 5.69 Å². The van der Waals surface area contributed by atoms with Crippen molar-refractivity contribution in [3.8, 4) is 5.69 Å². The number of halogens is 1. The second-order valence-corrected chi connectivity index (χ2v) is 11.7. The summed E-state index contributed by atoms with van der Waals surface area (Å²) in [6.45, 7) is 5.21. The van der Waals surface area contributed by atoms with Crippen molar-refractivity contribution >= 4 is 44.9 Å². The first-order chi connectivity index (χ1) is 16.2. The molecule has 0 saturated heterocycles. The molecule has 0 radical (unpaired) electrons. The van der Waals surface area contributed by atoms with Gasteiger partial charge < -0.3 is 4.74 Å². The number of esters is 1. The summed E-state index contributed by atoms with van der Waals surface area (Å²) in [6.07, 6.45) is 2.05. The molecule has 12 heteroatoms. The number of unbranched alkanes of at least 4 members (excludes halogenated alkanes) is 2. The first kappa shape index (κ1) is 26.2. The van der Waals surface area contributed by atoms with Gasteiger partial charge in [0.15, 0.2) is 5.82 Å². The Morgan fingerprint density at radius 3 is 2.56 bits per heavy atom. The lowest BCUT2D eigenvalue weighted by molar-refractivity contribution is 0.0526. The monoisotopic (exact) mass is 527 g/mol. The summed E-state index contributed by atoms with van der Waals surface area (Å²) in [5, 5.41) is 0. The van der Waals surface area contributed by atoms with Gasteiger partial charge in [-0.25, -0.2) is 18.0 Å². The number of nitrogens with one attached hydrogen (secondary N) is 1. The molecule has 0 spiro atoms. The molecule has 0 bridgehead atoms. The van der Waals surface area contributed by atoms with Crippen molar-refractivity contribution in [2.45, 2.75) is 49.1 Å². The van der Waals surface area contributed by atoms with E-state index in [-0.39, 0.29) is 29.6 Å². The molecule has 34 heavy (non-hydrogen) atoms. The summed E-state index contributed by atoms with van der Waals surface area (Å²) in [4.78, 5) is 29.3. The second-order valence-electron chi connectivity index (χ2n) is 7.41. The SMILES string of the molecule is CCOC(=O)c1ccc(S(=O)(=O)Nc2nc(=O)n3c(C)c(C)sc(SCCCCCF)c2-3)cc1. The highest BCUT2D eigenvalue weighted by atomic mass is 32.2. The zero-order chi connectivity index (χ0) is 24.9. The standard InChI is InChI=1S/C22H26FN3O5S3/c1-4-31-20(27)16-8-10-17(11-9-16)34(29,30)25-19-18-21(32-13-7-5-6-12-23)33-15(3)14(2)26(18)22(28)24-19/h8-11H,4-7,12-13H2,1-3H3,(H,24,25,28). The van der Waals surface area contributed by atoms with E-state index in [2.05, 4.69) is 9.71 Å². The lowest BCUT2D eigenvalue weighted by Gasteiger charge is -2.16. The molecule has 184 valence electrons. The quantitative estimate of drug-likeness (QED) is 0.221. The number of thioether (sulfide) groups is 1. The highest BCUT2D eigenvalue weighted by Gasteiger charge is 2.27. The van der Waals surface area contributed by atoms with Crippen molar-refractivity contribution in [1.82, 2.24) is 9.55 Å². The summed E-state index contributed by atoms with van der Waals surface area (Å²) in [7, 11) is -4.08. The molecule has 2 aliphatic heterocycles. The first-order valence-electron chi connectivity index (χ1n) is 10.7. The van der Waals surface area contributed by atoms with Crippen LogP contribution in [0.3, 0.4) is 0 Å². The number of aryl methyl sites for hydroxylation is 1. The molecule has 1 aromatic carbocycles. The number of hydrogen-bond donors (Lipinski definition) is 1. The molecule has 0 saturated carbocycles. The fraction of sp³-hybridized carbons (Fsp3) is 0.409. The second kappa shape index (κ2) is 11.3. The molecule has 3 rings (SSSR count). The highest BCUT2D eigenvalue weighted by Crippen LogP contribution is 2.38. The number of carbonyl (C=O) groups excluding carboxylic acids is 1. The predicted molar refractivity (Wildman–Crippen MR) is 132 cm³/mol. The fourth-order valence-electron chi connectivity index (χ4n) is 3.20. The number of aromatic nitrogens is 2. The number of anilines is 1. The largest absolute Gasteiger partial charge is 0.462 e. The van der Waals surface area contributed by atoms with Gasteiger partial charge in [-0.1, -0.05) is 6.42 Å². The number of rotatable bonds is 11. The Hall–Kier alpha value is -2.44. The van der Waals surface area contributed by atoms with Gasteiger partial charge in [0.2, 0.25) is 0 Å². The Morgan fingerprint density at radius 2 is 1.91 bits per heavy atom. The Labute approximate surface area is 205 Å². The number of fused-ring (bicyclic) bond motifs is 1. The Morgan fingerprint density at radius 1 is 1.21 bits per heavy atom. The molecule has 2 aliphatic rings. The molecule has 0 atom stereocenters. The van der Waals surface area contributed by atoms with Crippen molar-refractivity contribution in [2.24, 2.45) is 0 Å². The van der Waals surface area contributed by atoms with Crippen molar-refractivity contribution < 1.29 is 22.3 Å². The van der Waals surface area contributed by atoms with E-state index in [0.29, 0.717) is 23.6 Å². The van der Waals surface area contributed by atoms with Gasteiger partial charge >= 0.3 is 11.7 Å². The van der Waals surface area contributed by atoms with Crippen LogP contribution in [0.4, 0.5) is 10.2 Å². The van der Waals surface area contributed by atoms with E-state index < -0.39 is 21.7 Å². The molecule has 1 aromatic rings. The Kier molecular flexibility index (Phi) is 8.72. The van der Waals surface area contributed by atoms with Crippen LogP contribution in [0.15, 0.2) is 38.2 Å². The van der Waals surface area contributed by atoms with Crippen LogP contribution in [-0.2, 0) is 14.8 Å². The maximum absolute atomic E-state index is 13.0. The van der Waals surface area contributed by atoms with Crippen molar-refractivity contribution in [3.63, 3.8) is 0 Å². The molecule has 1 N–H and O–H groups in total. The summed E-state index contributed by atoms with van der Waals surface area (Å²) < 4.78 is 48.0. The normalized spacial score (nSPS) is 11.6. The van der Waals surface area contributed by atoms with Crippen LogP contribution in [0.5, 0.6) is 0 Å². The summed E-state index contributed by atoms with van der Waals surface area (Å²) in [5.41, 5.74) is 0.747. The molecule has 0 aromatic heterocycles. The van der Waals surface area contributed by atoms with Gasteiger partial charge in [0.05, 0.1) is 27.9 Å². The van der Waals surface area contributed by atoms with Gasteiger partial charge in [-0.15, -0.1) is 23.1 Å². The van der Waals surface area contributed by atoms with E-state index in [1.807, 2.05) is 6.92 Å².